The van der Waals surface area contributed by atoms with Gasteiger partial charge in [0.15, 0.2) is 0 Å². The molecule has 0 bridgehead atoms. The van der Waals surface area contributed by atoms with Gasteiger partial charge in [-0.05, 0) is 90.2 Å². The van der Waals surface area contributed by atoms with Crippen LogP contribution in [0.15, 0.2) is 54.0 Å². The van der Waals surface area contributed by atoms with Crippen molar-refractivity contribution in [2.45, 2.75) is 46.5 Å². The molecule has 4 nitrogen and oxygen atoms in total. The number of halogens is 1. The Hall–Kier alpha value is -2.69. The van der Waals surface area contributed by atoms with Crippen LogP contribution in [-0.2, 0) is 11.2 Å². The molecule has 4 aliphatic carbocycles. The number of aliphatic carboxylic acids is 1. The topological polar surface area (TPSA) is 55.1 Å². The number of rotatable bonds is 2. The molecule has 1 N–H and O–H groups in total. The SMILES string of the molecule is C[C@@H]1CC2C3C=C(F)C4=Cc5c(cnn5-c5ccccc5)CC4(C)C3CC[C@]2(C)C1C(=O)O. The van der Waals surface area contributed by atoms with Gasteiger partial charge in [-0.3, -0.25) is 4.79 Å². The molecule has 2 aromatic rings. The van der Waals surface area contributed by atoms with Crippen molar-refractivity contribution in [3.05, 3.63) is 65.3 Å². The van der Waals surface area contributed by atoms with Crippen LogP contribution in [0.5, 0.6) is 0 Å². The van der Waals surface area contributed by atoms with Crippen LogP contribution < -0.4 is 0 Å². The lowest BCUT2D eigenvalue weighted by molar-refractivity contribution is -0.149. The maximum absolute atomic E-state index is 15.9. The molecule has 2 saturated carbocycles. The molecule has 33 heavy (non-hydrogen) atoms. The van der Waals surface area contributed by atoms with Gasteiger partial charge in [-0.25, -0.2) is 9.07 Å². The predicted octanol–water partition coefficient (Wildman–Crippen LogP) is 6.07. The summed E-state index contributed by atoms with van der Waals surface area (Å²) >= 11 is 0. The zero-order valence-corrected chi connectivity index (χ0v) is 19.5. The minimum absolute atomic E-state index is 0.0865. The van der Waals surface area contributed by atoms with Crippen molar-refractivity contribution in [3.8, 4) is 5.69 Å². The number of nitrogens with zero attached hydrogens (tertiary/aromatic N) is 2. The Morgan fingerprint density at radius 1 is 1.21 bits per heavy atom. The molecule has 0 amide bonds. The molecule has 1 heterocycles. The fourth-order valence-electron chi connectivity index (χ4n) is 8.25. The monoisotopic (exact) mass is 446 g/mol. The van der Waals surface area contributed by atoms with Crippen LogP contribution >= 0.6 is 0 Å². The average molecular weight is 447 g/mol. The zero-order valence-electron chi connectivity index (χ0n) is 19.5. The van der Waals surface area contributed by atoms with Crippen molar-refractivity contribution >= 4 is 12.0 Å². The van der Waals surface area contributed by atoms with Crippen LogP contribution in [0.1, 0.15) is 51.3 Å². The maximum Gasteiger partial charge on any atom is 0.307 e. The number of benzene rings is 1. The van der Waals surface area contributed by atoms with Crippen LogP contribution in [0.25, 0.3) is 11.8 Å². The van der Waals surface area contributed by atoms with E-state index in [2.05, 4.69) is 25.9 Å². The lowest BCUT2D eigenvalue weighted by Crippen LogP contribution is -2.50. The number of para-hydroxylation sites is 1. The van der Waals surface area contributed by atoms with Crippen molar-refractivity contribution in [2.75, 3.05) is 0 Å². The van der Waals surface area contributed by atoms with Gasteiger partial charge in [-0.2, -0.15) is 5.10 Å². The summed E-state index contributed by atoms with van der Waals surface area (Å²) < 4.78 is 17.8. The van der Waals surface area contributed by atoms with Gasteiger partial charge in [0.05, 0.1) is 23.5 Å². The van der Waals surface area contributed by atoms with Gasteiger partial charge in [0.25, 0.3) is 0 Å². The van der Waals surface area contributed by atoms with Crippen molar-refractivity contribution in [2.24, 2.45) is 40.4 Å². The summed E-state index contributed by atoms with van der Waals surface area (Å²) in [5.74, 6) is -0.414. The number of carboxylic acids is 1. The second-order valence-corrected chi connectivity index (χ2v) is 11.3. The molecule has 172 valence electrons. The van der Waals surface area contributed by atoms with Crippen LogP contribution in [0.3, 0.4) is 0 Å². The summed E-state index contributed by atoms with van der Waals surface area (Å²) in [6.45, 7) is 6.44. The maximum atomic E-state index is 15.9. The number of allylic oxidation sites excluding steroid dienone is 3. The number of aromatic nitrogens is 2. The Labute approximate surface area is 194 Å². The van der Waals surface area contributed by atoms with Crippen molar-refractivity contribution in [3.63, 3.8) is 0 Å². The smallest absolute Gasteiger partial charge is 0.307 e. The zero-order chi connectivity index (χ0) is 23.1. The van der Waals surface area contributed by atoms with Gasteiger partial charge in [-0.1, -0.05) is 39.0 Å². The minimum Gasteiger partial charge on any atom is -0.481 e. The molecule has 5 heteroatoms. The molecule has 1 aromatic carbocycles. The van der Waals surface area contributed by atoms with Gasteiger partial charge < -0.3 is 5.11 Å². The Balaban J connectivity index is 1.43. The molecule has 6 rings (SSSR count). The van der Waals surface area contributed by atoms with E-state index in [9.17, 15) is 9.90 Å². The first-order chi connectivity index (χ1) is 15.7. The summed E-state index contributed by atoms with van der Waals surface area (Å²) in [4.78, 5) is 12.1. The first kappa shape index (κ1) is 20.9. The number of carbonyl (C=O) groups is 1. The van der Waals surface area contributed by atoms with Gasteiger partial charge in [0.1, 0.15) is 5.83 Å². The van der Waals surface area contributed by atoms with E-state index < -0.39 is 5.97 Å². The fraction of sp³-hybridized carbons (Fsp3) is 0.500. The average Bonchev–Trinajstić information content (AvgIpc) is 3.30. The lowest BCUT2D eigenvalue weighted by Gasteiger charge is -2.55. The second kappa shape index (κ2) is 6.91. The third-order valence-electron chi connectivity index (χ3n) is 9.70. The van der Waals surface area contributed by atoms with Crippen molar-refractivity contribution in [1.29, 1.82) is 0 Å². The van der Waals surface area contributed by atoms with E-state index in [0.717, 1.165) is 48.2 Å². The predicted molar refractivity (Wildman–Crippen MR) is 125 cm³/mol. The minimum atomic E-state index is -0.686. The van der Waals surface area contributed by atoms with E-state index in [-0.39, 0.29) is 40.3 Å². The summed E-state index contributed by atoms with van der Waals surface area (Å²) in [7, 11) is 0. The van der Waals surface area contributed by atoms with Crippen LogP contribution in [0.2, 0.25) is 0 Å². The number of hydrogen-bond acceptors (Lipinski definition) is 2. The quantitative estimate of drug-likeness (QED) is 0.609. The highest BCUT2D eigenvalue weighted by Crippen LogP contribution is 2.67. The Kier molecular flexibility index (Phi) is 4.37. The van der Waals surface area contributed by atoms with Crippen LogP contribution in [0, 0.1) is 40.4 Å². The summed E-state index contributed by atoms with van der Waals surface area (Å²) in [6, 6.07) is 9.99. The number of fused-ring (bicyclic) bond motifs is 6. The van der Waals surface area contributed by atoms with E-state index in [1.165, 1.54) is 0 Å². The van der Waals surface area contributed by atoms with Gasteiger partial charge in [0.2, 0.25) is 0 Å². The molecule has 7 atom stereocenters. The standard InChI is InChI=1S/C28H31FN2O2/c1-16-11-21-19-12-23(29)22-13-24-17(15-30-31(24)18-7-5-4-6-8-18)14-28(22,3)20(19)9-10-27(21,2)25(16)26(32)33/h4-8,12-13,15-16,19-21,25H,9-11,14H2,1-3H3,(H,32,33)/t16-,19?,20?,21?,25?,27+,28?/m1/s1. The molecular formula is C28H31FN2O2. The number of hydrogen-bond donors (Lipinski definition) is 1. The highest BCUT2D eigenvalue weighted by atomic mass is 19.1. The van der Waals surface area contributed by atoms with Crippen molar-refractivity contribution in [1.82, 2.24) is 9.78 Å². The largest absolute Gasteiger partial charge is 0.481 e. The molecule has 0 radical (unpaired) electrons. The molecule has 2 fully saturated rings. The molecule has 5 unspecified atom stereocenters. The van der Waals surface area contributed by atoms with Crippen molar-refractivity contribution < 1.29 is 14.3 Å². The van der Waals surface area contributed by atoms with E-state index in [0.29, 0.717) is 5.92 Å². The first-order valence-electron chi connectivity index (χ1n) is 12.2. The second-order valence-electron chi connectivity index (χ2n) is 11.3. The van der Waals surface area contributed by atoms with E-state index in [1.807, 2.05) is 53.4 Å². The lowest BCUT2D eigenvalue weighted by atomic mass is 9.48. The highest BCUT2D eigenvalue weighted by molar-refractivity contribution is 5.72. The van der Waals surface area contributed by atoms with E-state index in [1.54, 1.807) is 0 Å². The molecule has 0 aliphatic heterocycles. The molecule has 1 aromatic heterocycles. The van der Waals surface area contributed by atoms with Gasteiger partial charge in [-0.15, -0.1) is 0 Å². The van der Waals surface area contributed by atoms with E-state index in [4.69, 9.17) is 0 Å². The Morgan fingerprint density at radius 2 is 1.97 bits per heavy atom. The Morgan fingerprint density at radius 3 is 2.70 bits per heavy atom. The molecular weight excluding hydrogens is 415 g/mol. The molecule has 0 saturated heterocycles. The van der Waals surface area contributed by atoms with Gasteiger partial charge in [0, 0.05) is 5.41 Å². The third-order valence-corrected chi connectivity index (χ3v) is 9.70. The van der Waals surface area contributed by atoms with E-state index >= 15 is 4.39 Å². The third kappa shape index (κ3) is 2.74. The number of carboxylic acid groups (broad SMARTS) is 1. The first-order valence-corrected chi connectivity index (χ1v) is 12.2. The fourth-order valence-corrected chi connectivity index (χ4v) is 8.25. The highest BCUT2D eigenvalue weighted by Gasteiger charge is 2.62. The summed E-state index contributed by atoms with van der Waals surface area (Å²) in [5.41, 5.74) is 3.33. The summed E-state index contributed by atoms with van der Waals surface area (Å²) in [6.07, 6.45) is 9.28. The van der Waals surface area contributed by atoms with Crippen LogP contribution in [0.4, 0.5) is 4.39 Å². The normalized spacial score (nSPS) is 39.0. The molecule has 4 aliphatic rings. The summed E-state index contributed by atoms with van der Waals surface area (Å²) in [5, 5.41) is 14.6. The molecule has 0 spiro atoms. The Bertz CT molecular complexity index is 1200. The van der Waals surface area contributed by atoms with Crippen LogP contribution in [-0.4, -0.2) is 20.9 Å². The van der Waals surface area contributed by atoms with Gasteiger partial charge >= 0.3 is 5.97 Å².